The van der Waals surface area contributed by atoms with E-state index < -0.39 is 0 Å². The van der Waals surface area contributed by atoms with Gasteiger partial charge in [0, 0.05) is 24.5 Å². The SMILES string of the molecule is c1csc(N2CCC3(C2)OCCO3)n1. The standard InChI is InChI=1S/C9H12N2O2S/c1-3-11(8-10-2-6-14-8)7-9(1)12-4-5-13-9/h2,6H,1,3-5,7H2. The molecule has 0 radical (unpaired) electrons. The van der Waals surface area contributed by atoms with Crippen LogP contribution in [0.2, 0.25) is 0 Å². The van der Waals surface area contributed by atoms with E-state index in [9.17, 15) is 0 Å². The van der Waals surface area contributed by atoms with E-state index in [-0.39, 0.29) is 5.79 Å². The summed E-state index contributed by atoms with van der Waals surface area (Å²) in [5.41, 5.74) is 0. The molecular weight excluding hydrogens is 200 g/mol. The Kier molecular flexibility index (Phi) is 1.97. The van der Waals surface area contributed by atoms with Crippen LogP contribution in [0.4, 0.5) is 5.13 Å². The molecule has 0 unspecified atom stereocenters. The highest BCUT2D eigenvalue weighted by Gasteiger charge is 2.43. The zero-order valence-corrected chi connectivity index (χ0v) is 8.63. The van der Waals surface area contributed by atoms with E-state index in [2.05, 4.69) is 9.88 Å². The summed E-state index contributed by atoms with van der Waals surface area (Å²) in [5, 5.41) is 3.07. The van der Waals surface area contributed by atoms with Crippen LogP contribution in [0.15, 0.2) is 11.6 Å². The summed E-state index contributed by atoms with van der Waals surface area (Å²) in [7, 11) is 0. The summed E-state index contributed by atoms with van der Waals surface area (Å²) in [6.07, 6.45) is 2.79. The molecule has 0 saturated carbocycles. The van der Waals surface area contributed by atoms with Gasteiger partial charge in [0.15, 0.2) is 10.9 Å². The minimum atomic E-state index is -0.328. The predicted octanol–water partition coefficient (Wildman–Crippen LogP) is 1.10. The van der Waals surface area contributed by atoms with E-state index in [0.29, 0.717) is 0 Å². The first-order chi connectivity index (χ1) is 6.88. The second kappa shape index (κ2) is 3.18. The summed E-state index contributed by atoms with van der Waals surface area (Å²) in [4.78, 5) is 6.52. The van der Waals surface area contributed by atoms with Crippen molar-refractivity contribution in [2.75, 3.05) is 31.2 Å². The Hall–Kier alpha value is -0.650. The summed E-state index contributed by atoms with van der Waals surface area (Å²) in [6.45, 7) is 3.26. The first-order valence-corrected chi connectivity index (χ1v) is 5.68. The molecule has 0 atom stereocenters. The molecule has 2 aliphatic rings. The van der Waals surface area contributed by atoms with Gasteiger partial charge in [0.1, 0.15) is 0 Å². The lowest BCUT2D eigenvalue weighted by atomic mass is 10.2. The van der Waals surface area contributed by atoms with Crippen LogP contribution >= 0.6 is 11.3 Å². The molecule has 76 valence electrons. The summed E-state index contributed by atoms with van der Waals surface area (Å²) >= 11 is 1.67. The number of thiazole rings is 1. The van der Waals surface area contributed by atoms with E-state index >= 15 is 0 Å². The van der Waals surface area contributed by atoms with Gasteiger partial charge >= 0.3 is 0 Å². The van der Waals surface area contributed by atoms with Crippen LogP contribution in [0.3, 0.4) is 0 Å². The highest BCUT2D eigenvalue weighted by molar-refractivity contribution is 7.13. The van der Waals surface area contributed by atoms with Crippen LogP contribution in [-0.2, 0) is 9.47 Å². The van der Waals surface area contributed by atoms with Crippen LogP contribution in [0.25, 0.3) is 0 Å². The third-order valence-electron chi connectivity index (χ3n) is 2.70. The highest BCUT2D eigenvalue weighted by atomic mass is 32.1. The third kappa shape index (κ3) is 1.32. The third-order valence-corrected chi connectivity index (χ3v) is 3.53. The smallest absolute Gasteiger partial charge is 0.187 e. The monoisotopic (exact) mass is 212 g/mol. The number of nitrogens with zero attached hydrogens (tertiary/aromatic N) is 2. The van der Waals surface area contributed by atoms with Gasteiger partial charge in [0.2, 0.25) is 0 Å². The second-order valence-corrected chi connectivity index (χ2v) is 4.47. The van der Waals surface area contributed by atoms with Gasteiger partial charge in [-0.2, -0.15) is 0 Å². The Morgan fingerprint density at radius 2 is 2.29 bits per heavy atom. The number of hydrogen-bond donors (Lipinski definition) is 0. The maximum atomic E-state index is 5.64. The van der Waals surface area contributed by atoms with Crippen molar-refractivity contribution in [1.82, 2.24) is 4.98 Å². The van der Waals surface area contributed by atoms with Gasteiger partial charge in [0.25, 0.3) is 0 Å². The second-order valence-electron chi connectivity index (χ2n) is 3.59. The van der Waals surface area contributed by atoms with Crippen LogP contribution in [0.5, 0.6) is 0 Å². The Morgan fingerprint density at radius 1 is 1.43 bits per heavy atom. The van der Waals surface area contributed by atoms with Gasteiger partial charge in [-0.15, -0.1) is 11.3 Å². The van der Waals surface area contributed by atoms with Crippen molar-refractivity contribution in [2.24, 2.45) is 0 Å². The van der Waals surface area contributed by atoms with Gasteiger partial charge in [-0.25, -0.2) is 4.98 Å². The lowest BCUT2D eigenvalue weighted by Gasteiger charge is -2.21. The molecule has 2 fully saturated rings. The number of anilines is 1. The first kappa shape index (κ1) is 8.64. The van der Waals surface area contributed by atoms with Gasteiger partial charge in [-0.05, 0) is 0 Å². The lowest BCUT2D eigenvalue weighted by molar-refractivity contribution is -0.137. The van der Waals surface area contributed by atoms with E-state index in [4.69, 9.17) is 9.47 Å². The first-order valence-electron chi connectivity index (χ1n) is 4.80. The minimum Gasteiger partial charge on any atom is -0.346 e. The fourth-order valence-electron chi connectivity index (χ4n) is 2.02. The van der Waals surface area contributed by atoms with Crippen LogP contribution in [0.1, 0.15) is 6.42 Å². The fourth-order valence-corrected chi connectivity index (χ4v) is 2.69. The van der Waals surface area contributed by atoms with Crippen molar-refractivity contribution in [2.45, 2.75) is 12.2 Å². The largest absolute Gasteiger partial charge is 0.346 e. The van der Waals surface area contributed by atoms with E-state index in [1.165, 1.54) is 0 Å². The van der Waals surface area contributed by atoms with Crippen LogP contribution in [0, 0.1) is 0 Å². The van der Waals surface area contributed by atoms with Crippen molar-refractivity contribution >= 4 is 16.5 Å². The van der Waals surface area contributed by atoms with Crippen molar-refractivity contribution < 1.29 is 9.47 Å². The fraction of sp³-hybridized carbons (Fsp3) is 0.667. The minimum absolute atomic E-state index is 0.328. The van der Waals surface area contributed by atoms with Gasteiger partial charge in [0.05, 0.1) is 19.8 Å². The van der Waals surface area contributed by atoms with Crippen molar-refractivity contribution in [3.8, 4) is 0 Å². The normalized spacial score (nSPS) is 25.0. The molecule has 0 aromatic carbocycles. The number of rotatable bonds is 1. The summed E-state index contributed by atoms with van der Waals surface area (Å²) in [6, 6.07) is 0. The molecule has 2 saturated heterocycles. The molecule has 5 heteroatoms. The molecule has 2 aliphatic heterocycles. The zero-order chi connectivity index (χ0) is 9.43. The maximum Gasteiger partial charge on any atom is 0.187 e. The molecule has 3 rings (SSSR count). The Morgan fingerprint density at radius 3 is 3.00 bits per heavy atom. The zero-order valence-electron chi connectivity index (χ0n) is 7.81. The molecule has 14 heavy (non-hydrogen) atoms. The van der Waals surface area contributed by atoms with E-state index in [0.717, 1.165) is 37.9 Å². The lowest BCUT2D eigenvalue weighted by Crippen LogP contribution is -2.34. The summed E-state index contributed by atoms with van der Waals surface area (Å²) in [5.74, 6) is -0.328. The Balaban J connectivity index is 1.75. The van der Waals surface area contributed by atoms with E-state index in [1.54, 1.807) is 11.3 Å². The molecule has 0 N–H and O–H groups in total. The van der Waals surface area contributed by atoms with Crippen LogP contribution < -0.4 is 4.90 Å². The molecule has 4 nitrogen and oxygen atoms in total. The van der Waals surface area contributed by atoms with Crippen LogP contribution in [-0.4, -0.2) is 37.1 Å². The maximum absolute atomic E-state index is 5.64. The molecule has 1 aromatic rings. The highest BCUT2D eigenvalue weighted by Crippen LogP contribution is 2.33. The van der Waals surface area contributed by atoms with Crippen molar-refractivity contribution in [3.63, 3.8) is 0 Å². The average molecular weight is 212 g/mol. The Labute approximate surface area is 86.5 Å². The predicted molar refractivity (Wildman–Crippen MR) is 53.6 cm³/mol. The van der Waals surface area contributed by atoms with E-state index in [1.807, 2.05) is 11.6 Å². The molecule has 0 amide bonds. The topological polar surface area (TPSA) is 34.6 Å². The number of ether oxygens (including phenoxy) is 2. The van der Waals surface area contributed by atoms with Crippen molar-refractivity contribution in [1.29, 1.82) is 0 Å². The van der Waals surface area contributed by atoms with Gasteiger partial charge < -0.3 is 14.4 Å². The number of hydrogen-bond acceptors (Lipinski definition) is 5. The van der Waals surface area contributed by atoms with Gasteiger partial charge in [-0.1, -0.05) is 0 Å². The molecule has 0 aliphatic carbocycles. The van der Waals surface area contributed by atoms with Gasteiger partial charge in [-0.3, -0.25) is 0 Å². The molecular formula is C9H12N2O2S. The number of aromatic nitrogens is 1. The molecule has 3 heterocycles. The summed E-state index contributed by atoms with van der Waals surface area (Å²) < 4.78 is 11.3. The Bertz CT molecular complexity index is 309. The quantitative estimate of drug-likeness (QED) is 0.698. The molecule has 1 spiro atoms. The average Bonchev–Trinajstić information content (AvgIpc) is 2.91. The molecule has 0 bridgehead atoms. The molecule has 1 aromatic heterocycles. The van der Waals surface area contributed by atoms with Crippen molar-refractivity contribution in [3.05, 3.63) is 11.6 Å².